The molecule has 11 heteroatoms. The molecule has 11 nitrogen and oxygen atoms in total. The van der Waals surface area contributed by atoms with Crippen LogP contribution in [0.4, 0.5) is 0 Å². The van der Waals surface area contributed by atoms with Crippen LogP contribution in [-0.2, 0) is 4.79 Å². The first kappa shape index (κ1) is 27.6. The average Bonchev–Trinajstić information content (AvgIpc) is 3.28. The Labute approximate surface area is 225 Å². The molecule has 4 rings (SSSR count). The summed E-state index contributed by atoms with van der Waals surface area (Å²) in [5.41, 5.74) is 3.30. The first-order valence-corrected chi connectivity index (χ1v) is 12.8. The van der Waals surface area contributed by atoms with E-state index in [1.165, 1.54) is 6.33 Å². The predicted molar refractivity (Wildman–Crippen MR) is 144 cm³/mol. The van der Waals surface area contributed by atoms with E-state index in [2.05, 4.69) is 15.3 Å². The van der Waals surface area contributed by atoms with Crippen LogP contribution in [0, 0.1) is 6.92 Å². The maximum atomic E-state index is 12.2. The molecule has 0 atom stereocenters. The van der Waals surface area contributed by atoms with E-state index in [0.717, 1.165) is 32.1 Å². The molecule has 0 radical (unpaired) electrons. The van der Waals surface area contributed by atoms with Crippen molar-refractivity contribution >= 4 is 33.7 Å². The summed E-state index contributed by atoms with van der Waals surface area (Å²) in [4.78, 5) is 32.0. The number of carbonyl (C=O) groups excluding carboxylic acids is 2. The molecule has 3 N–H and O–H groups in total. The molecule has 0 saturated carbocycles. The molecule has 2 aromatic carbocycles. The number of hydrogen-bond acceptors (Lipinski definition) is 9. The highest BCUT2D eigenvalue weighted by Gasteiger charge is 2.18. The molecule has 0 aliphatic heterocycles. The fourth-order valence-electron chi connectivity index (χ4n) is 4.33. The molecule has 2 aromatic heterocycles. The Hall–Kier alpha value is -4.38. The molecule has 0 spiro atoms. The average molecular weight is 537 g/mol. The summed E-state index contributed by atoms with van der Waals surface area (Å²) in [5.74, 6) is 1.89. The number of aromatic nitrogens is 2. The number of ether oxygens (including phenoxy) is 3. The number of unbranched alkanes of at least 4 members (excludes halogenated alkanes) is 4. The van der Waals surface area contributed by atoms with Crippen LogP contribution < -0.4 is 25.0 Å². The van der Waals surface area contributed by atoms with Gasteiger partial charge >= 0.3 is 0 Å². The summed E-state index contributed by atoms with van der Waals surface area (Å²) in [6.07, 6.45) is 6.12. The number of rotatable bonds is 13. The number of methoxy groups -OCH3 is 1. The number of fused-ring (bicyclic) bond motifs is 2. The van der Waals surface area contributed by atoms with Crippen molar-refractivity contribution in [3.63, 3.8) is 0 Å². The van der Waals surface area contributed by atoms with Crippen LogP contribution in [0.3, 0.4) is 0 Å². The van der Waals surface area contributed by atoms with Crippen LogP contribution in [0.25, 0.3) is 21.9 Å². The van der Waals surface area contributed by atoms with E-state index in [0.29, 0.717) is 69.4 Å². The minimum absolute atomic E-state index is 0.213. The molecule has 0 fully saturated rings. The third-order valence-electron chi connectivity index (χ3n) is 6.32. The van der Waals surface area contributed by atoms with Crippen molar-refractivity contribution in [3.05, 3.63) is 48.0 Å². The second-order valence-electron chi connectivity index (χ2n) is 8.97. The lowest BCUT2D eigenvalue weighted by Crippen LogP contribution is -2.18. The van der Waals surface area contributed by atoms with Crippen LogP contribution in [0.5, 0.6) is 23.1 Å². The van der Waals surface area contributed by atoms with Gasteiger partial charge in [0.05, 0.1) is 30.2 Å². The number of furan rings is 1. The van der Waals surface area contributed by atoms with Crippen LogP contribution in [0.1, 0.15) is 54.6 Å². The molecule has 39 heavy (non-hydrogen) atoms. The summed E-state index contributed by atoms with van der Waals surface area (Å²) in [7, 11) is 3.15. The number of hydrogen-bond donors (Lipinski definition) is 3. The first-order chi connectivity index (χ1) is 18.9. The zero-order chi connectivity index (χ0) is 27.8. The number of nitrogens with one attached hydrogen (secondary N) is 2. The SMILES string of the molecule is CNC(=O)c1c(C)oc2cc(Oc3ncnc4cc(OC)c(OCCCCCCCC(=O)NO)cc34)ccc12. The number of nitrogens with zero attached hydrogens (tertiary/aromatic N) is 2. The molecule has 2 heterocycles. The Morgan fingerprint density at radius 3 is 2.56 bits per heavy atom. The minimum Gasteiger partial charge on any atom is -0.493 e. The Bertz CT molecular complexity index is 1470. The molecule has 206 valence electrons. The van der Waals surface area contributed by atoms with E-state index >= 15 is 0 Å². The lowest BCUT2D eigenvalue weighted by atomic mass is 10.1. The molecule has 2 amide bonds. The van der Waals surface area contributed by atoms with Crippen LogP contribution in [-0.4, -0.2) is 47.8 Å². The van der Waals surface area contributed by atoms with Gasteiger partial charge in [-0.15, -0.1) is 0 Å². The number of benzene rings is 2. The fourth-order valence-corrected chi connectivity index (χ4v) is 4.33. The van der Waals surface area contributed by atoms with E-state index < -0.39 is 0 Å². The Kier molecular flexibility index (Phi) is 9.16. The quantitative estimate of drug-likeness (QED) is 0.121. The van der Waals surface area contributed by atoms with Crippen LogP contribution in [0.15, 0.2) is 41.1 Å². The third-order valence-corrected chi connectivity index (χ3v) is 6.32. The van der Waals surface area contributed by atoms with Crippen molar-refractivity contribution in [1.82, 2.24) is 20.8 Å². The highest BCUT2D eigenvalue weighted by Crippen LogP contribution is 2.37. The topological polar surface area (TPSA) is 145 Å². The van der Waals surface area contributed by atoms with E-state index in [4.69, 9.17) is 23.8 Å². The predicted octanol–water partition coefficient (Wildman–Crippen LogP) is 5.07. The van der Waals surface area contributed by atoms with Crippen molar-refractivity contribution in [2.75, 3.05) is 20.8 Å². The van der Waals surface area contributed by atoms with Gasteiger partial charge in [0.25, 0.3) is 5.91 Å². The zero-order valence-corrected chi connectivity index (χ0v) is 22.2. The van der Waals surface area contributed by atoms with Gasteiger partial charge < -0.3 is 23.9 Å². The Morgan fingerprint density at radius 2 is 1.79 bits per heavy atom. The van der Waals surface area contributed by atoms with Gasteiger partial charge in [0.1, 0.15) is 23.4 Å². The van der Waals surface area contributed by atoms with Gasteiger partial charge in [-0.1, -0.05) is 19.3 Å². The second-order valence-corrected chi connectivity index (χ2v) is 8.97. The van der Waals surface area contributed by atoms with E-state index in [-0.39, 0.29) is 11.8 Å². The largest absolute Gasteiger partial charge is 0.493 e. The van der Waals surface area contributed by atoms with Gasteiger partial charge in [-0.2, -0.15) is 0 Å². The van der Waals surface area contributed by atoms with Crippen LogP contribution >= 0.6 is 0 Å². The summed E-state index contributed by atoms with van der Waals surface area (Å²) < 4.78 is 23.5. The molecular weight excluding hydrogens is 504 g/mol. The molecule has 4 aromatic rings. The van der Waals surface area contributed by atoms with Gasteiger partial charge in [0.15, 0.2) is 11.5 Å². The maximum absolute atomic E-state index is 12.2. The smallest absolute Gasteiger partial charge is 0.255 e. The molecule has 0 aliphatic carbocycles. The number of carbonyl (C=O) groups is 2. The number of hydroxylamine groups is 1. The summed E-state index contributed by atoms with van der Waals surface area (Å²) >= 11 is 0. The molecule has 0 aliphatic rings. The number of aryl methyl sites for hydroxylation is 1. The van der Waals surface area contributed by atoms with E-state index in [9.17, 15) is 9.59 Å². The summed E-state index contributed by atoms with van der Waals surface area (Å²) in [6.45, 7) is 2.24. The summed E-state index contributed by atoms with van der Waals surface area (Å²) in [5, 5.41) is 12.5. The molecule has 0 unspecified atom stereocenters. The number of amides is 2. The van der Waals surface area contributed by atoms with Gasteiger partial charge in [-0.05, 0) is 38.0 Å². The second kappa shape index (κ2) is 12.9. The Balaban J connectivity index is 1.46. The van der Waals surface area contributed by atoms with E-state index in [1.807, 2.05) is 0 Å². The maximum Gasteiger partial charge on any atom is 0.255 e. The van der Waals surface area contributed by atoms with Gasteiger partial charge in [0, 0.05) is 31.0 Å². The van der Waals surface area contributed by atoms with Crippen molar-refractivity contribution < 1.29 is 33.4 Å². The Morgan fingerprint density at radius 1 is 1.00 bits per heavy atom. The van der Waals surface area contributed by atoms with Crippen molar-refractivity contribution in [2.24, 2.45) is 0 Å². The fraction of sp³-hybridized carbons (Fsp3) is 0.357. The monoisotopic (exact) mass is 536 g/mol. The van der Waals surface area contributed by atoms with Crippen molar-refractivity contribution in [2.45, 2.75) is 45.4 Å². The summed E-state index contributed by atoms with van der Waals surface area (Å²) in [6, 6.07) is 8.85. The molecule has 0 bridgehead atoms. The lowest BCUT2D eigenvalue weighted by Gasteiger charge is -2.13. The molecular formula is C28H32N4O7. The van der Waals surface area contributed by atoms with Gasteiger partial charge in [-0.3, -0.25) is 14.8 Å². The zero-order valence-electron chi connectivity index (χ0n) is 22.2. The van der Waals surface area contributed by atoms with Gasteiger partial charge in [0.2, 0.25) is 11.8 Å². The standard InChI is InChI=1S/C28H32N4O7/c1-17-26(27(34)29-2)19-11-10-18(13-22(19)38-17)39-28-20-14-24(23(36-3)15-21(20)30-16-31-28)37-12-8-6-4-5-7-9-25(33)32-35/h10-11,13-16,35H,4-9,12H2,1-3H3,(H,29,34)(H,32,33). The highest BCUT2D eigenvalue weighted by atomic mass is 16.5. The first-order valence-electron chi connectivity index (χ1n) is 12.8. The normalized spacial score (nSPS) is 11.0. The van der Waals surface area contributed by atoms with Gasteiger partial charge in [-0.25, -0.2) is 15.4 Å². The van der Waals surface area contributed by atoms with Crippen molar-refractivity contribution in [1.29, 1.82) is 0 Å². The van der Waals surface area contributed by atoms with Crippen molar-refractivity contribution in [3.8, 4) is 23.1 Å². The highest BCUT2D eigenvalue weighted by molar-refractivity contribution is 6.07. The lowest BCUT2D eigenvalue weighted by molar-refractivity contribution is -0.129. The third kappa shape index (κ3) is 6.55. The molecule has 0 saturated heterocycles. The van der Waals surface area contributed by atoms with Crippen LogP contribution in [0.2, 0.25) is 0 Å². The van der Waals surface area contributed by atoms with E-state index in [1.54, 1.807) is 56.9 Å². The minimum atomic E-state index is -0.360.